The number of thioether (sulfide) groups is 1. The first-order valence-corrected chi connectivity index (χ1v) is 7.57. The van der Waals surface area contributed by atoms with Crippen molar-refractivity contribution in [1.29, 1.82) is 0 Å². The lowest BCUT2D eigenvalue weighted by Crippen LogP contribution is -2.48. The lowest BCUT2D eigenvalue weighted by Gasteiger charge is -2.33. The van der Waals surface area contributed by atoms with E-state index in [1.165, 1.54) is 0 Å². The van der Waals surface area contributed by atoms with Crippen LogP contribution in [0.15, 0.2) is 6.07 Å². The molecule has 1 aromatic rings. The van der Waals surface area contributed by atoms with Crippen LogP contribution < -0.4 is 4.90 Å². The topological polar surface area (TPSA) is 66.3 Å². The van der Waals surface area contributed by atoms with E-state index in [2.05, 4.69) is 9.97 Å². The molecule has 1 aromatic heterocycles. The highest BCUT2D eigenvalue weighted by molar-refractivity contribution is 7.99. The van der Waals surface area contributed by atoms with Crippen LogP contribution in [0.3, 0.4) is 0 Å². The van der Waals surface area contributed by atoms with Crippen molar-refractivity contribution in [2.24, 2.45) is 0 Å². The molecule has 1 N–H and O–H groups in total. The van der Waals surface area contributed by atoms with Crippen LogP contribution in [-0.4, -0.2) is 45.1 Å². The zero-order valence-corrected chi connectivity index (χ0v) is 12.3. The molecule has 5 nitrogen and oxygen atoms in total. The molecule has 6 heteroatoms. The minimum atomic E-state index is -0.783. The average Bonchev–Trinajstić information content (AvgIpc) is 2.37. The summed E-state index contributed by atoms with van der Waals surface area (Å²) in [6.07, 6.45) is 0. The molecule has 1 saturated heterocycles. The molecule has 1 fully saturated rings. The van der Waals surface area contributed by atoms with E-state index in [1.54, 1.807) is 11.8 Å². The third-order valence-corrected chi connectivity index (χ3v) is 4.10. The second-order valence-electron chi connectivity index (χ2n) is 5.00. The van der Waals surface area contributed by atoms with Gasteiger partial charge in [0, 0.05) is 35.7 Å². The van der Waals surface area contributed by atoms with Gasteiger partial charge >= 0.3 is 5.97 Å². The van der Waals surface area contributed by atoms with Gasteiger partial charge in [0.25, 0.3) is 0 Å². The predicted octanol–water partition coefficient (Wildman–Crippen LogP) is 1.91. The van der Waals surface area contributed by atoms with E-state index in [9.17, 15) is 9.90 Å². The minimum Gasteiger partial charge on any atom is -0.480 e. The molecule has 0 spiro atoms. The Bertz CT molecular complexity index is 479. The molecule has 2 heterocycles. The number of aromatic nitrogens is 2. The first kappa shape index (κ1) is 14.1. The van der Waals surface area contributed by atoms with Crippen molar-refractivity contribution in [2.45, 2.75) is 32.7 Å². The first-order chi connectivity index (χ1) is 8.99. The molecular formula is C13H19N3O2S. The minimum absolute atomic E-state index is 0.237. The fourth-order valence-corrected chi connectivity index (χ4v) is 3.10. The molecule has 0 bridgehead atoms. The molecule has 19 heavy (non-hydrogen) atoms. The fraction of sp³-hybridized carbons (Fsp3) is 0.615. The Hall–Kier alpha value is -1.30. The summed E-state index contributed by atoms with van der Waals surface area (Å²) in [6, 6.07) is 1.38. The molecule has 0 saturated carbocycles. The highest BCUT2D eigenvalue weighted by atomic mass is 32.2. The van der Waals surface area contributed by atoms with Crippen molar-refractivity contribution < 1.29 is 9.90 Å². The van der Waals surface area contributed by atoms with Crippen molar-refractivity contribution >= 4 is 23.5 Å². The summed E-state index contributed by atoms with van der Waals surface area (Å²) in [4.78, 5) is 22.2. The van der Waals surface area contributed by atoms with Gasteiger partial charge in [-0.3, -0.25) is 0 Å². The van der Waals surface area contributed by atoms with Crippen LogP contribution in [0, 0.1) is 6.92 Å². The fourth-order valence-electron chi connectivity index (χ4n) is 2.06. The van der Waals surface area contributed by atoms with Crippen LogP contribution in [0.5, 0.6) is 0 Å². The number of anilines is 1. The molecule has 1 unspecified atom stereocenters. The summed E-state index contributed by atoms with van der Waals surface area (Å²) in [5, 5.41) is 9.32. The lowest BCUT2D eigenvalue weighted by molar-refractivity contribution is -0.138. The van der Waals surface area contributed by atoms with Crippen LogP contribution in [0.1, 0.15) is 31.3 Å². The van der Waals surface area contributed by atoms with Crippen LogP contribution in [0.4, 0.5) is 5.82 Å². The Morgan fingerprint density at radius 3 is 2.89 bits per heavy atom. The Balaban J connectivity index is 2.35. The Morgan fingerprint density at radius 1 is 1.53 bits per heavy atom. The van der Waals surface area contributed by atoms with Crippen molar-refractivity contribution in [1.82, 2.24) is 9.97 Å². The van der Waals surface area contributed by atoms with Gasteiger partial charge < -0.3 is 10.0 Å². The number of rotatable bonds is 3. The second kappa shape index (κ2) is 5.77. The Morgan fingerprint density at radius 2 is 2.26 bits per heavy atom. The van der Waals surface area contributed by atoms with E-state index < -0.39 is 12.0 Å². The summed E-state index contributed by atoms with van der Waals surface area (Å²) in [7, 11) is 0. The number of hydrogen-bond donors (Lipinski definition) is 1. The van der Waals surface area contributed by atoms with Gasteiger partial charge in [0.05, 0.1) is 0 Å². The standard InChI is InChI=1S/C13H19N3O2S/c1-8(2)12-14-9(3)6-11(15-12)16-4-5-19-7-10(16)13(17)18/h6,8,10H,4-5,7H2,1-3H3,(H,17,18). The zero-order valence-electron chi connectivity index (χ0n) is 11.5. The molecule has 2 rings (SSSR count). The summed E-state index contributed by atoms with van der Waals surface area (Å²) >= 11 is 1.68. The summed E-state index contributed by atoms with van der Waals surface area (Å²) in [5.74, 6) is 2.51. The largest absolute Gasteiger partial charge is 0.480 e. The molecule has 1 aliphatic heterocycles. The van der Waals surface area contributed by atoms with E-state index in [0.717, 1.165) is 29.6 Å². The summed E-state index contributed by atoms with van der Waals surface area (Å²) in [6.45, 7) is 6.72. The van der Waals surface area contributed by atoms with Crippen molar-refractivity contribution in [3.8, 4) is 0 Å². The maximum absolute atomic E-state index is 11.3. The molecular weight excluding hydrogens is 262 g/mol. The lowest BCUT2D eigenvalue weighted by atomic mass is 10.2. The van der Waals surface area contributed by atoms with Gasteiger partial charge in [-0.25, -0.2) is 14.8 Å². The Kier molecular flexibility index (Phi) is 4.29. The van der Waals surface area contributed by atoms with Crippen molar-refractivity contribution in [3.05, 3.63) is 17.6 Å². The molecule has 104 valence electrons. The van der Waals surface area contributed by atoms with Gasteiger partial charge in [-0.05, 0) is 6.92 Å². The van der Waals surface area contributed by atoms with Gasteiger partial charge in [0.2, 0.25) is 0 Å². The monoisotopic (exact) mass is 281 g/mol. The van der Waals surface area contributed by atoms with E-state index in [1.807, 2.05) is 31.7 Å². The number of carbonyl (C=O) groups is 1. The third kappa shape index (κ3) is 3.18. The maximum Gasteiger partial charge on any atom is 0.327 e. The highest BCUT2D eigenvalue weighted by Gasteiger charge is 2.30. The quantitative estimate of drug-likeness (QED) is 0.913. The number of aryl methyl sites for hydroxylation is 1. The van der Waals surface area contributed by atoms with Crippen LogP contribution in [-0.2, 0) is 4.79 Å². The number of nitrogens with zero attached hydrogens (tertiary/aromatic N) is 3. The SMILES string of the molecule is Cc1cc(N2CCSCC2C(=O)O)nc(C(C)C)n1. The van der Waals surface area contributed by atoms with E-state index in [4.69, 9.17) is 0 Å². The number of carboxylic acid groups (broad SMARTS) is 1. The van der Waals surface area contributed by atoms with E-state index in [0.29, 0.717) is 5.75 Å². The highest BCUT2D eigenvalue weighted by Crippen LogP contribution is 2.24. The van der Waals surface area contributed by atoms with E-state index >= 15 is 0 Å². The predicted molar refractivity (Wildman–Crippen MR) is 77.0 cm³/mol. The third-order valence-electron chi connectivity index (χ3n) is 3.08. The summed E-state index contributed by atoms with van der Waals surface area (Å²) in [5.41, 5.74) is 0.885. The van der Waals surface area contributed by atoms with Crippen LogP contribution >= 0.6 is 11.8 Å². The first-order valence-electron chi connectivity index (χ1n) is 6.42. The molecule has 0 aromatic carbocycles. The molecule has 1 aliphatic rings. The Labute approximate surface area is 117 Å². The number of aliphatic carboxylic acids is 1. The molecule has 0 amide bonds. The maximum atomic E-state index is 11.3. The number of carboxylic acids is 1. The van der Waals surface area contributed by atoms with Crippen LogP contribution in [0.25, 0.3) is 0 Å². The summed E-state index contributed by atoms with van der Waals surface area (Å²) < 4.78 is 0. The van der Waals surface area contributed by atoms with Gasteiger partial charge in [-0.2, -0.15) is 11.8 Å². The van der Waals surface area contributed by atoms with Crippen molar-refractivity contribution in [2.75, 3.05) is 23.0 Å². The second-order valence-corrected chi connectivity index (χ2v) is 6.15. The molecule has 1 atom stereocenters. The smallest absolute Gasteiger partial charge is 0.327 e. The van der Waals surface area contributed by atoms with Crippen LogP contribution in [0.2, 0.25) is 0 Å². The normalized spacial score (nSPS) is 19.8. The van der Waals surface area contributed by atoms with Gasteiger partial charge in [-0.15, -0.1) is 0 Å². The van der Waals surface area contributed by atoms with Gasteiger partial charge in [-0.1, -0.05) is 13.8 Å². The average molecular weight is 281 g/mol. The zero-order chi connectivity index (χ0) is 14.0. The number of hydrogen-bond acceptors (Lipinski definition) is 5. The van der Waals surface area contributed by atoms with Crippen molar-refractivity contribution in [3.63, 3.8) is 0 Å². The molecule has 0 aliphatic carbocycles. The van der Waals surface area contributed by atoms with Gasteiger partial charge in [0.15, 0.2) is 0 Å². The molecule has 0 radical (unpaired) electrons. The van der Waals surface area contributed by atoms with Gasteiger partial charge in [0.1, 0.15) is 17.7 Å². The van der Waals surface area contributed by atoms with E-state index in [-0.39, 0.29) is 5.92 Å².